The Bertz CT molecular complexity index is 659. The van der Waals surface area contributed by atoms with Crippen LogP contribution in [0.1, 0.15) is 39.0 Å². The summed E-state index contributed by atoms with van der Waals surface area (Å²) in [6, 6.07) is 8.29. The summed E-state index contributed by atoms with van der Waals surface area (Å²) in [5.74, 6) is -0.130. The van der Waals surface area contributed by atoms with E-state index < -0.39 is 20.6 Å². The number of halogens is 1. The Labute approximate surface area is 158 Å². The van der Waals surface area contributed by atoms with Gasteiger partial charge < -0.3 is 4.74 Å². The number of hydrogen-bond acceptors (Lipinski definition) is 4. The van der Waals surface area contributed by atoms with Crippen molar-refractivity contribution in [3.63, 3.8) is 0 Å². The van der Waals surface area contributed by atoms with Gasteiger partial charge in [0.05, 0.1) is 12.0 Å². The van der Waals surface area contributed by atoms with Crippen molar-refractivity contribution in [2.24, 2.45) is 11.8 Å². The summed E-state index contributed by atoms with van der Waals surface area (Å²) in [4.78, 5) is 12.8. The quantitative estimate of drug-likeness (QED) is 0.348. The number of esters is 1. The van der Waals surface area contributed by atoms with Crippen molar-refractivity contribution in [1.29, 1.82) is 0 Å². The molecule has 0 spiro atoms. The van der Waals surface area contributed by atoms with Crippen molar-refractivity contribution in [3.05, 3.63) is 30.3 Å². The highest BCUT2D eigenvalue weighted by Gasteiger charge is 2.59. The fourth-order valence-electron chi connectivity index (χ4n) is 3.76. The number of sulfone groups is 1. The summed E-state index contributed by atoms with van der Waals surface area (Å²) >= 11 is 2.30. The number of rotatable bonds is 7. The summed E-state index contributed by atoms with van der Waals surface area (Å²) in [5, 5.41) is 0. The van der Waals surface area contributed by atoms with E-state index in [2.05, 4.69) is 29.5 Å². The van der Waals surface area contributed by atoms with E-state index in [-0.39, 0.29) is 16.7 Å². The molecule has 134 valence electrons. The Morgan fingerprint density at radius 1 is 1.25 bits per heavy atom. The minimum Gasteiger partial charge on any atom is -0.468 e. The third-order valence-corrected chi connectivity index (χ3v) is 8.66. The molecular weight excluding hydrogens is 439 g/mol. The maximum Gasteiger partial charge on any atom is 0.327 e. The minimum absolute atomic E-state index is 0.207. The number of ether oxygens (including phenoxy) is 1. The maximum absolute atomic E-state index is 13.3. The molecule has 6 heteroatoms. The second-order valence-corrected chi connectivity index (χ2v) is 9.67. The molecule has 1 fully saturated rings. The molecule has 1 saturated carbocycles. The van der Waals surface area contributed by atoms with Gasteiger partial charge in [-0.3, -0.25) is 4.79 Å². The lowest BCUT2D eigenvalue weighted by Crippen LogP contribution is -2.45. The first kappa shape index (κ1) is 19.7. The molecule has 24 heavy (non-hydrogen) atoms. The van der Waals surface area contributed by atoms with Crippen LogP contribution in [0.3, 0.4) is 0 Å². The van der Waals surface area contributed by atoms with Gasteiger partial charge in [-0.15, -0.1) is 0 Å². The third-order valence-electron chi connectivity index (χ3n) is 5.10. The standard InChI is InChI=1S/C18H25IO4S/c1-3-4-8-14-11-18(17(20)23-2,12-15(14)13-19)24(21,22)16-9-6-5-7-10-16/h5-7,9-10,14-15H,3-4,8,11-13H2,1-2H3/t14-,15-,18+/m1/s1. The average Bonchev–Trinajstić information content (AvgIpc) is 3.00. The number of carbonyl (C=O) groups is 1. The number of alkyl halides is 1. The van der Waals surface area contributed by atoms with Crippen LogP contribution in [-0.2, 0) is 19.4 Å². The molecule has 0 unspecified atom stereocenters. The number of methoxy groups -OCH3 is 1. The molecule has 0 radical (unpaired) electrons. The van der Waals surface area contributed by atoms with E-state index >= 15 is 0 Å². The summed E-state index contributed by atoms with van der Waals surface area (Å²) in [6.45, 7) is 2.13. The lowest BCUT2D eigenvalue weighted by atomic mass is 9.92. The first-order chi connectivity index (χ1) is 11.4. The SMILES string of the molecule is CCCC[C@@H]1C[C@](C(=O)OC)(S(=O)(=O)c2ccccc2)C[C@@H]1CI. The predicted octanol–water partition coefficient (Wildman–Crippen LogP) is 4.02. The van der Waals surface area contributed by atoms with E-state index in [1.807, 2.05) is 0 Å². The Morgan fingerprint density at radius 2 is 1.88 bits per heavy atom. The Kier molecular flexibility index (Phi) is 6.70. The van der Waals surface area contributed by atoms with Crippen LogP contribution in [0.4, 0.5) is 0 Å². The maximum atomic E-state index is 13.3. The van der Waals surface area contributed by atoms with Crippen LogP contribution in [-0.4, -0.2) is 30.7 Å². The van der Waals surface area contributed by atoms with Gasteiger partial charge in [-0.2, -0.15) is 0 Å². The molecule has 1 aromatic rings. The molecule has 0 N–H and O–H groups in total. The molecule has 3 atom stereocenters. The second-order valence-electron chi connectivity index (χ2n) is 6.53. The van der Waals surface area contributed by atoms with Crippen LogP contribution in [0, 0.1) is 11.8 Å². The normalized spacial score (nSPS) is 27.1. The van der Waals surface area contributed by atoms with E-state index in [0.29, 0.717) is 12.8 Å². The Morgan fingerprint density at radius 3 is 2.42 bits per heavy atom. The summed E-state index contributed by atoms with van der Waals surface area (Å²) in [5.41, 5.74) is 0. The van der Waals surface area contributed by atoms with Crippen LogP contribution in [0.15, 0.2) is 35.2 Å². The van der Waals surface area contributed by atoms with Crippen LogP contribution in [0.25, 0.3) is 0 Å². The average molecular weight is 464 g/mol. The summed E-state index contributed by atoms with van der Waals surface area (Å²) in [6.07, 6.45) is 3.81. The minimum atomic E-state index is -3.79. The lowest BCUT2D eigenvalue weighted by Gasteiger charge is -2.26. The second kappa shape index (κ2) is 8.17. The van der Waals surface area contributed by atoms with E-state index in [0.717, 1.165) is 23.7 Å². The van der Waals surface area contributed by atoms with Crippen molar-refractivity contribution in [2.45, 2.75) is 48.7 Å². The van der Waals surface area contributed by atoms with E-state index in [9.17, 15) is 13.2 Å². The predicted molar refractivity (Wildman–Crippen MR) is 103 cm³/mol. The fourth-order valence-corrected chi connectivity index (χ4v) is 6.92. The van der Waals surface area contributed by atoms with Gasteiger partial charge in [0.25, 0.3) is 0 Å². The molecule has 0 heterocycles. The topological polar surface area (TPSA) is 60.4 Å². The molecule has 0 bridgehead atoms. The zero-order valence-corrected chi connectivity index (χ0v) is 17.2. The molecule has 2 rings (SSSR count). The third kappa shape index (κ3) is 3.49. The molecule has 1 aromatic carbocycles. The highest BCUT2D eigenvalue weighted by molar-refractivity contribution is 14.1. The van der Waals surface area contributed by atoms with Crippen LogP contribution in [0.2, 0.25) is 0 Å². The first-order valence-electron chi connectivity index (χ1n) is 8.37. The molecule has 0 aliphatic heterocycles. The number of carbonyl (C=O) groups excluding carboxylic acids is 1. The van der Waals surface area contributed by atoms with Crippen LogP contribution >= 0.6 is 22.6 Å². The van der Waals surface area contributed by atoms with Gasteiger partial charge in [0, 0.05) is 4.43 Å². The fraction of sp³-hybridized carbons (Fsp3) is 0.611. The van der Waals surface area contributed by atoms with Gasteiger partial charge in [-0.25, -0.2) is 8.42 Å². The Balaban J connectivity index is 2.47. The van der Waals surface area contributed by atoms with Gasteiger partial charge in [-0.1, -0.05) is 67.0 Å². The van der Waals surface area contributed by atoms with Gasteiger partial charge in [0.2, 0.25) is 0 Å². The smallest absolute Gasteiger partial charge is 0.327 e. The molecule has 1 aliphatic rings. The highest BCUT2D eigenvalue weighted by Crippen LogP contribution is 2.49. The van der Waals surface area contributed by atoms with Gasteiger partial charge in [-0.05, 0) is 36.8 Å². The number of unbranched alkanes of at least 4 members (excludes halogenated alkanes) is 1. The van der Waals surface area contributed by atoms with Crippen molar-refractivity contribution in [2.75, 3.05) is 11.5 Å². The molecule has 4 nitrogen and oxygen atoms in total. The molecular formula is C18H25IO4S. The largest absolute Gasteiger partial charge is 0.468 e. The highest BCUT2D eigenvalue weighted by atomic mass is 127. The molecule has 1 aliphatic carbocycles. The van der Waals surface area contributed by atoms with E-state index in [1.165, 1.54) is 7.11 Å². The Hall–Kier alpha value is -0.630. The zero-order chi connectivity index (χ0) is 17.8. The van der Waals surface area contributed by atoms with Crippen molar-refractivity contribution < 1.29 is 17.9 Å². The van der Waals surface area contributed by atoms with Crippen molar-refractivity contribution >= 4 is 38.4 Å². The molecule has 0 amide bonds. The van der Waals surface area contributed by atoms with E-state index in [4.69, 9.17) is 4.74 Å². The monoisotopic (exact) mass is 464 g/mol. The van der Waals surface area contributed by atoms with Crippen molar-refractivity contribution in [1.82, 2.24) is 0 Å². The number of benzene rings is 1. The zero-order valence-electron chi connectivity index (χ0n) is 14.2. The van der Waals surface area contributed by atoms with Crippen LogP contribution < -0.4 is 0 Å². The molecule has 0 aromatic heterocycles. The van der Waals surface area contributed by atoms with Crippen molar-refractivity contribution in [3.8, 4) is 0 Å². The summed E-state index contributed by atoms with van der Waals surface area (Å²) in [7, 11) is -2.51. The first-order valence-corrected chi connectivity index (χ1v) is 11.4. The van der Waals surface area contributed by atoms with Gasteiger partial charge >= 0.3 is 5.97 Å². The van der Waals surface area contributed by atoms with Crippen LogP contribution in [0.5, 0.6) is 0 Å². The number of hydrogen-bond donors (Lipinski definition) is 0. The van der Waals surface area contributed by atoms with Gasteiger partial charge in [0.15, 0.2) is 14.6 Å². The molecule has 0 saturated heterocycles. The van der Waals surface area contributed by atoms with E-state index in [1.54, 1.807) is 30.3 Å². The van der Waals surface area contributed by atoms with Gasteiger partial charge in [0.1, 0.15) is 0 Å². The lowest BCUT2D eigenvalue weighted by molar-refractivity contribution is -0.143. The summed E-state index contributed by atoms with van der Waals surface area (Å²) < 4.78 is 31.0.